The Balaban J connectivity index is 1.96. The van der Waals surface area contributed by atoms with Crippen molar-refractivity contribution in [2.45, 2.75) is 0 Å². The van der Waals surface area contributed by atoms with Gasteiger partial charge in [0.1, 0.15) is 12.3 Å². The molecule has 1 heterocycles. The molecular weight excluding hydrogens is 297 g/mol. The highest BCUT2D eigenvalue weighted by Crippen LogP contribution is 2.27. The molecule has 0 aromatic heterocycles. The molecule has 1 amide bonds. The van der Waals surface area contributed by atoms with Crippen LogP contribution in [0.15, 0.2) is 18.2 Å². The number of ether oxygens (including phenoxy) is 1. The lowest BCUT2D eigenvalue weighted by Crippen LogP contribution is -2.33. The molecule has 0 N–H and O–H groups in total. The first-order valence-electron chi connectivity index (χ1n) is 5.07. The highest BCUT2D eigenvalue weighted by atomic mass is 35.5. The summed E-state index contributed by atoms with van der Waals surface area (Å²) in [4.78, 5) is 24.4. The van der Waals surface area contributed by atoms with Crippen molar-refractivity contribution in [3.63, 3.8) is 0 Å². The Bertz CT molecular complexity index is 495. The molecular formula is C11H9Cl2NO3S. The zero-order chi connectivity index (χ0) is 13.1. The van der Waals surface area contributed by atoms with Crippen LogP contribution in [0, 0.1) is 0 Å². The molecule has 0 spiro atoms. The minimum atomic E-state index is -0.518. The van der Waals surface area contributed by atoms with E-state index in [1.165, 1.54) is 28.8 Å². The van der Waals surface area contributed by atoms with Gasteiger partial charge in [0.25, 0.3) is 0 Å². The van der Waals surface area contributed by atoms with E-state index in [2.05, 4.69) is 0 Å². The maximum absolute atomic E-state index is 11.6. The summed E-state index contributed by atoms with van der Waals surface area (Å²) in [6.45, 7) is -0.0647. The van der Waals surface area contributed by atoms with Gasteiger partial charge in [-0.2, -0.15) is 0 Å². The van der Waals surface area contributed by atoms with Gasteiger partial charge in [-0.1, -0.05) is 23.2 Å². The summed E-state index contributed by atoms with van der Waals surface area (Å²) in [5.41, 5.74) is 0. The number of thioether (sulfide) groups is 1. The molecule has 1 aromatic rings. The van der Waals surface area contributed by atoms with Crippen LogP contribution in [0.4, 0.5) is 0 Å². The van der Waals surface area contributed by atoms with Gasteiger partial charge in [-0.05, 0) is 18.2 Å². The van der Waals surface area contributed by atoms with Gasteiger partial charge in [0.05, 0.1) is 16.7 Å². The highest BCUT2D eigenvalue weighted by molar-refractivity contribution is 8.00. The Morgan fingerprint density at radius 2 is 2.22 bits per heavy atom. The molecule has 18 heavy (non-hydrogen) atoms. The lowest BCUT2D eigenvalue weighted by molar-refractivity contribution is -0.140. The van der Waals surface area contributed by atoms with Crippen LogP contribution >= 0.6 is 35.0 Å². The summed E-state index contributed by atoms with van der Waals surface area (Å²) in [5, 5.41) is 0.726. The third-order valence-electron chi connectivity index (χ3n) is 2.26. The van der Waals surface area contributed by atoms with Crippen molar-refractivity contribution in [3.8, 4) is 5.75 Å². The number of esters is 1. The third kappa shape index (κ3) is 3.31. The fourth-order valence-corrected chi connectivity index (χ4v) is 2.76. The fraction of sp³-hybridized carbons (Fsp3) is 0.273. The molecule has 0 radical (unpaired) electrons. The van der Waals surface area contributed by atoms with Gasteiger partial charge < -0.3 is 9.64 Å². The molecule has 2 rings (SSSR count). The Kier molecular flexibility index (Phi) is 4.37. The van der Waals surface area contributed by atoms with Crippen molar-refractivity contribution >= 4 is 46.8 Å². The normalized spacial score (nSPS) is 15.0. The molecule has 1 fully saturated rings. The van der Waals surface area contributed by atoms with Crippen LogP contribution in [0.2, 0.25) is 10.0 Å². The summed E-state index contributed by atoms with van der Waals surface area (Å²) < 4.78 is 5.08. The van der Waals surface area contributed by atoms with Crippen molar-refractivity contribution in [1.82, 2.24) is 4.90 Å². The second-order valence-corrected chi connectivity index (χ2v) is 5.42. The number of halogens is 2. The number of carbonyl (C=O) groups excluding carboxylic acids is 2. The Hall–Kier alpha value is -0.910. The van der Waals surface area contributed by atoms with Gasteiger partial charge in [0.15, 0.2) is 0 Å². The quantitative estimate of drug-likeness (QED) is 0.635. The number of amides is 1. The molecule has 7 heteroatoms. The van der Waals surface area contributed by atoms with E-state index in [4.69, 9.17) is 27.9 Å². The Labute approximate surface area is 118 Å². The van der Waals surface area contributed by atoms with Gasteiger partial charge in [-0.3, -0.25) is 4.79 Å². The topological polar surface area (TPSA) is 46.6 Å². The van der Waals surface area contributed by atoms with Crippen molar-refractivity contribution in [3.05, 3.63) is 28.2 Å². The maximum atomic E-state index is 11.6. The standard InChI is InChI=1S/C11H9Cl2NO3S/c12-7-1-2-9(8(13)3-7)17-11(16)4-14-6-18-5-10(14)15/h1-3H,4-6H2. The van der Waals surface area contributed by atoms with Crippen LogP contribution < -0.4 is 4.74 Å². The smallest absolute Gasteiger partial charge is 0.331 e. The molecule has 1 aliphatic heterocycles. The lowest BCUT2D eigenvalue weighted by atomic mass is 10.3. The van der Waals surface area contributed by atoms with Crippen LogP contribution in [0.3, 0.4) is 0 Å². The minimum Gasteiger partial charge on any atom is -0.424 e. The van der Waals surface area contributed by atoms with Crippen LogP contribution in [0.5, 0.6) is 5.75 Å². The van der Waals surface area contributed by atoms with E-state index < -0.39 is 5.97 Å². The second-order valence-electron chi connectivity index (χ2n) is 3.62. The number of hydrogen-bond acceptors (Lipinski definition) is 4. The van der Waals surface area contributed by atoms with Crippen molar-refractivity contribution in [1.29, 1.82) is 0 Å². The van der Waals surface area contributed by atoms with Crippen LogP contribution in [0.1, 0.15) is 0 Å². The van der Waals surface area contributed by atoms with E-state index in [9.17, 15) is 9.59 Å². The zero-order valence-corrected chi connectivity index (χ0v) is 11.5. The molecule has 0 unspecified atom stereocenters. The molecule has 1 aliphatic rings. The van der Waals surface area contributed by atoms with E-state index in [0.717, 1.165) is 0 Å². The van der Waals surface area contributed by atoms with Gasteiger partial charge in [0.2, 0.25) is 5.91 Å². The van der Waals surface area contributed by atoms with Crippen molar-refractivity contribution in [2.75, 3.05) is 18.2 Å². The van der Waals surface area contributed by atoms with Crippen LogP contribution in [0.25, 0.3) is 0 Å². The van der Waals surface area contributed by atoms with E-state index in [-0.39, 0.29) is 23.2 Å². The maximum Gasteiger partial charge on any atom is 0.331 e. The Morgan fingerprint density at radius 3 is 2.83 bits per heavy atom. The summed E-state index contributed by atoms with van der Waals surface area (Å²) in [5.74, 6) is 0.594. The van der Waals surface area contributed by atoms with Gasteiger partial charge in [0, 0.05) is 5.02 Å². The predicted octanol–water partition coefficient (Wildman–Crippen LogP) is 2.43. The minimum absolute atomic E-state index is 0.0563. The molecule has 0 bridgehead atoms. The summed E-state index contributed by atoms with van der Waals surface area (Å²) in [6.07, 6.45) is 0. The number of hydrogen-bond donors (Lipinski definition) is 0. The number of benzene rings is 1. The van der Waals surface area contributed by atoms with Gasteiger partial charge >= 0.3 is 5.97 Å². The predicted molar refractivity (Wildman–Crippen MR) is 71.1 cm³/mol. The molecule has 96 valence electrons. The Morgan fingerprint density at radius 1 is 1.44 bits per heavy atom. The number of nitrogens with zero attached hydrogens (tertiary/aromatic N) is 1. The number of rotatable bonds is 3. The largest absolute Gasteiger partial charge is 0.424 e. The average Bonchev–Trinajstić information content (AvgIpc) is 2.69. The summed E-state index contributed by atoms with van der Waals surface area (Å²) in [7, 11) is 0. The zero-order valence-electron chi connectivity index (χ0n) is 9.19. The molecule has 0 aliphatic carbocycles. The third-order valence-corrected chi connectivity index (χ3v) is 3.74. The van der Waals surface area contributed by atoms with E-state index in [1.807, 2.05) is 0 Å². The summed E-state index contributed by atoms with van der Waals surface area (Å²) in [6, 6.07) is 4.58. The lowest BCUT2D eigenvalue weighted by Gasteiger charge is -2.13. The van der Waals surface area contributed by atoms with Crippen molar-refractivity contribution < 1.29 is 14.3 Å². The first-order valence-corrected chi connectivity index (χ1v) is 6.98. The van der Waals surface area contributed by atoms with E-state index in [0.29, 0.717) is 16.7 Å². The first kappa shape index (κ1) is 13.5. The highest BCUT2D eigenvalue weighted by Gasteiger charge is 2.24. The molecule has 0 atom stereocenters. The van der Waals surface area contributed by atoms with Crippen LogP contribution in [-0.2, 0) is 9.59 Å². The molecule has 1 saturated heterocycles. The van der Waals surface area contributed by atoms with E-state index >= 15 is 0 Å². The molecule has 0 saturated carbocycles. The number of carbonyl (C=O) groups is 2. The van der Waals surface area contributed by atoms with Crippen LogP contribution in [-0.4, -0.2) is 35.0 Å². The fourth-order valence-electron chi connectivity index (χ4n) is 1.41. The monoisotopic (exact) mass is 305 g/mol. The average molecular weight is 306 g/mol. The van der Waals surface area contributed by atoms with Crippen molar-refractivity contribution in [2.24, 2.45) is 0 Å². The SMILES string of the molecule is O=C(CN1CSCC1=O)Oc1ccc(Cl)cc1Cl. The second kappa shape index (κ2) is 5.82. The molecule has 4 nitrogen and oxygen atoms in total. The van der Waals surface area contributed by atoms with Gasteiger partial charge in [-0.15, -0.1) is 11.8 Å². The molecule has 1 aromatic carbocycles. The van der Waals surface area contributed by atoms with Gasteiger partial charge in [-0.25, -0.2) is 4.79 Å². The summed E-state index contributed by atoms with van der Waals surface area (Å²) >= 11 is 13.1. The van der Waals surface area contributed by atoms with E-state index in [1.54, 1.807) is 6.07 Å². The first-order chi connectivity index (χ1) is 8.56.